The summed E-state index contributed by atoms with van der Waals surface area (Å²) in [6.45, 7) is 6.96. The summed E-state index contributed by atoms with van der Waals surface area (Å²) in [5, 5.41) is 0. The Balaban J connectivity index is 3.02. The highest BCUT2D eigenvalue weighted by Gasteiger charge is 2.13. The molecular weight excluding hydrogens is 230 g/mol. The van der Waals surface area contributed by atoms with Gasteiger partial charge in [0, 0.05) is 6.42 Å². The van der Waals surface area contributed by atoms with E-state index < -0.39 is 0 Å². The van der Waals surface area contributed by atoms with Gasteiger partial charge in [-0.1, -0.05) is 38.2 Å². The Labute approximate surface area is 109 Å². The fourth-order valence-corrected chi connectivity index (χ4v) is 2.15. The predicted molar refractivity (Wildman–Crippen MR) is 76.8 cm³/mol. The molecule has 0 saturated carbocycles. The van der Waals surface area contributed by atoms with Crippen LogP contribution in [0.5, 0.6) is 5.75 Å². The minimum atomic E-state index is 0.306. The molecule has 3 heteroatoms. The Morgan fingerprint density at radius 1 is 1.41 bits per heavy atom. The van der Waals surface area contributed by atoms with E-state index in [0.717, 1.165) is 18.6 Å². The van der Waals surface area contributed by atoms with Crippen LogP contribution in [-0.2, 0) is 6.42 Å². The van der Waals surface area contributed by atoms with E-state index in [1.54, 1.807) is 0 Å². The number of rotatable bonds is 6. The maximum Gasteiger partial charge on any atom is 0.122 e. The van der Waals surface area contributed by atoms with Crippen molar-refractivity contribution >= 4 is 17.2 Å². The Morgan fingerprint density at radius 3 is 2.65 bits per heavy atom. The Bertz CT molecular complexity index is 390. The average molecular weight is 251 g/mol. The molecule has 0 aliphatic rings. The predicted octanol–water partition coefficient (Wildman–Crippen LogP) is 3.43. The van der Waals surface area contributed by atoms with Gasteiger partial charge in [-0.25, -0.2) is 0 Å². The van der Waals surface area contributed by atoms with Crippen LogP contribution in [0.4, 0.5) is 0 Å². The topological polar surface area (TPSA) is 35.2 Å². The summed E-state index contributed by atoms with van der Waals surface area (Å²) in [6.07, 6.45) is 1.75. The van der Waals surface area contributed by atoms with E-state index in [-0.39, 0.29) is 0 Å². The summed E-state index contributed by atoms with van der Waals surface area (Å²) < 4.78 is 5.66. The maximum atomic E-state index is 5.66. The molecule has 1 aromatic rings. The number of ether oxygens (including phenoxy) is 1. The van der Waals surface area contributed by atoms with E-state index in [1.165, 1.54) is 11.1 Å². The van der Waals surface area contributed by atoms with Crippen molar-refractivity contribution in [2.24, 2.45) is 5.73 Å². The van der Waals surface area contributed by atoms with Gasteiger partial charge in [0.1, 0.15) is 5.75 Å². The number of nitrogens with two attached hydrogens (primary N) is 1. The second-order valence-electron chi connectivity index (χ2n) is 4.23. The highest BCUT2D eigenvalue weighted by Crippen LogP contribution is 2.30. The molecule has 0 heterocycles. The molecule has 94 valence electrons. The van der Waals surface area contributed by atoms with Crippen molar-refractivity contribution < 1.29 is 4.74 Å². The van der Waals surface area contributed by atoms with Crippen LogP contribution in [0.1, 0.15) is 44.2 Å². The number of aryl methyl sites for hydroxylation is 1. The highest BCUT2D eigenvalue weighted by molar-refractivity contribution is 7.80. The van der Waals surface area contributed by atoms with Crippen LogP contribution < -0.4 is 10.5 Å². The number of thiocarbonyl (C=S) groups is 1. The fourth-order valence-electron chi connectivity index (χ4n) is 1.90. The molecule has 0 saturated heterocycles. The Hall–Kier alpha value is -1.09. The Kier molecular flexibility index (Phi) is 5.42. The molecule has 1 atom stereocenters. The summed E-state index contributed by atoms with van der Waals surface area (Å²) in [7, 11) is 0. The van der Waals surface area contributed by atoms with Crippen LogP contribution in [0.3, 0.4) is 0 Å². The molecule has 2 nitrogen and oxygen atoms in total. The molecular formula is C14H21NOS. The van der Waals surface area contributed by atoms with Gasteiger partial charge in [-0.15, -0.1) is 0 Å². The minimum Gasteiger partial charge on any atom is -0.494 e. The zero-order valence-corrected chi connectivity index (χ0v) is 11.6. The number of benzene rings is 1. The van der Waals surface area contributed by atoms with Crippen molar-refractivity contribution in [2.45, 2.75) is 39.5 Å². The molecule has 2 N–H and O–H groups in total. The summed E-state index contributed by atoms with van der Waals surface area (Å²) in [5.41, 5.74) is 8.14. The summed E-state index contributed by atoms with van der Waals surface area (Å²) >= 11 is 4.98. The van der Waals surface area contributed by atoms with Gasteiger partial charge in [0.15, 0.2) is 0 Å². The van der Waals surface area contributed by atoms with Gasteiger partial charge in [0.05, 0.1) is 11.6 Å². The molecule has 0 spiro atoms. The van der Waals surface area contributed by atoms with Gasteiger partial charge in [0.2, 0.25) is 0 Å². The number of hydrogen-bond donors (Lipinski definition) is 1. The second kappa shape index (κ2) is 6.60. The Morgan fingerprint density at radius 2 is 2.12 bits per heavy atom. The van der Waals surface area contributed by atoms with E-state index >= 15 is 0 Å². The molecule has 17 heavy (non-hydrogen) atoms. The zero-order valence-electron chi connectivity index (χ0n) is 10.8. The van der Waals surface area contributed by atoms with E-state index in [0.29, 0.717) is 17.5 Å². The molecule has 1 rings (SSSR count). The molecule has 1 aromatic carbocycles. The third kappa shape index (κ3) is 4.00. The maximum absolute atomic E-state index is 5.66. The first kappa shape index (κ1) is 14.0. The lowest BCUT2D eigenvalue weighted by atomic mass is 9.94. The van der Waals surface area contributed by atoms with Crippen LogP contribution in [0.2, 0.25) is 0 Å². The third-order valence-corrected chi connectivity index (χ3v) is 2.99. The zero-order chi connectivity index (χ0) is 12.8. The van der Waals surface area contributed by atoms with Gasteiger partial charge in [-0.3, -0.25) is 0 Å². The SMILES string of the molecule is CCOc1ccc(CC)cc1C(C)CC(N)=S. The first-order valence-corrected chi connectivity index (χ1v) is 6.53. The van der Waals surface area contributed by atoms with E-state index in [2.05, 4.69) is 26.0 Å². The van der Waals surface area contributed by atoms with Crippen LogP contribution >= 0.6 is 12.2 Å². The molecule has 0 amide bonds. The second-order valence-corrected chi connectivity index (χ2v) is 4.75. The third-order valence-electron chi connectivity index (χ3n) is 2.82. The summed E-state index contributed by atoms with van der Waals surface area (Å²) in [6, 6.07) is 6.36. The largest absolute Gasteiger partial charge is 0.494 e. The van der Waals surface area contributed by atoms with Gasteiger partial charge < -0.3 is 10.5 Å². The van der Waals surface area contributed by atoms with Crippen molar-refractivity contribution in [1.29, 1.82) is 0 Å². The van der Waals surface area contributed by atoms with Crippen LogP contribution in [0.25, 0.3) is 0 Å². The fraction of sp³-hybridized carbons (Fsp3) is 0.500. The van der Waals surface area contributed by atoms with Crippen molar-refractivity contribution in [1.82, 2.24) is 0 Å². The first-order chi connectivity index (χ1) is 8.08. The first-order valence-electron chi connectivity index (χ1n) is 6.12. The molecule has 0 fully saturated rings. The molecule has 0 aromatic heterocycles. The van der Waals surface area contributed by atoms with Gasteiger partial charge in [0.25, 0.3) is 0 Å². The van der Waals surface area contributed by atoms with E-state index in [9.17, 15) is 0 Å². The van der Waals surface area contributed by atoms with Crippen molar-refractivity contribution in [3.05, 3.63) is 29.3 Å². The van der Waals surface area contributed by atoms with Gasteiger partial charge in [-0.2, -0.15) is 0 Å². The normalized spacial score (nSPS) is 12.2. The van der Waals surface area contributed by atoms with Crippen molar-refractivity contribution in [2.75, 3.05) is 6.61 Å². The van der Waals surface area contributed by atoms with Gasteiger partial charge in [-0.05, 0) is 36.5 Å². The van der Waals surface area contributed by atoms with Crippen LogP contribution in [0.15, 0.2) is 18.2 Å². The molecule has 1 unspecified atom stereocenters. The quantitative estimate of drug-likeness (QED) is 0.787. The highest BCUT2D eigenvalue weighted by atomic mass is 32.1. The molecule has 0 radical (unpaired) electrons. The summed E-state index contributed by atoms with van der Waals surface area (Å²) in [5.74, 6) is 1.26. The minimum absolute atomic E-state index is 0.306. The smallest absolute Gasteiger partial charge is 0.122 e. The monoisotopic (exact) mass is 251 g/mol. The lowest BCUT2D eigenvalue weighted by Gasteiger charge is -2.17. The van der Waals surface area contributed by atoms with E-state index in [4.69, 9.17) is 22.7 Å². The van der Waals surface area contributed by atoms with Crippen LogP contribution in [0, 0.1) is 0 Å². The lowest BCUT2D eigenvalue weighted by molar-refractivity contribution is 0.334. The standard InChI is InChI=1S/C14H21NOS/c1-4-11-6-7-13(16-5-2)12(9-11)10(3)8-14(15)17/h6-7,9-10H,4-5,8H2,1-3H3,(H2,15,17). The van der Waals surface area contributed by atoms with E-state index in [1.807, 2.05) is 13.0 Å². The summed E-state index contributed by atoms with van der Waals surface area (Å²) in [4.78, 5) is 0.557. The van der Waals surface area contributed by atoms with Crippen molar-refractivity contribution in [3.63, 3.8) is 0 Å². The lowest BCUT2D eigenvalue weighted by Crippen LogP contribution is -2.12. The molecule has 0 aliphatic heterocycles. The molecule has 0 bridgehead atoms. The van der Waals surface area contributed by atoms with Crippen molar-refractivity contribution in [3.8, 4) is 5.75 Å². The number of hydrogen-bond acceptors (Lipinski definition) is 2. The van der Waals surface area contributed by atoms with Gasteiger partial charge >= 0.3 is 0 Å². The van der Waals surface area contributed by atoms with Crippen LogP contribution in [-0.4, -0.2) is 11.6 Å². The average Bonchev–Trinajstić information content (AvgIpc) is 2.29. The molecule has 0 aliphatic carbocycles.